The number of carbonyl (C=O) groups is 1. The normalized spacial score (nSPS) is 14.0. The zero-order chi connectivity index (χ0) is 26.2. The standard InChI is InChI=1S/C30H31N5O2S/c1-22-15-17-24(18-16-22)29-33-34-30(35(29)25-10-4-2-5-11-25)38-21-28(36)32-31-20-23-9-8-14-27(19-23)37-26-12-6-3-7-13-26/h3,6-9,12-20,25H,2,4-5,10-11,21H2,1H3,(H,32,36)/b31-20+. The van der Waals surface area contributed by atoms with Gasteiger partial charge in [-0.3, -0.25) is 9.36 Å². The van der Waals surface area contributed by atoms with Gasteiger partial charge < -0.3 is 4.74 Å². The predicted molar refractivity (Wildman–Crippen MR) is 152 cm³/mol. The quantitative estimate of drug-likeness (QED) is 0.148. The first-order chi connectivity index (χ1) is 18.7. The Hall–Kier alpha value is -3.91. The molecule has 0 bridgehead atoms. The maximum Gasteiger partial charge on any atom is 0.250 e. The highest BCUT2D eigenvalue weighted by atomic mass is 32.2. The first-order valence-corrected chi connectivity index (χ1v) is 13.9. The fourth-order valence-corrected chi connectivity index (χ4v) is 5.37. The van der Waals surface area contributed by atoms with E-state index in [1.54, 1.807) is 6.21 Å². The molecule has 1 amide bonds. The van der Waals surface area contributed by atoms with Crippen LogP contribution in [-0.4, -0.2) is 32.6 Å². The number of hydrogen-bond donors (Lipinski definition) is 1. The summed E-state index contributed by atoms with van der Waals surface area (Å²) in [6.07, 6.45) is 7.49. The van der Waals surface area contributed by atoms with E-state index in [-0.39, 0.29) is 11.7 Å². The van der Waals surface area contributed by atoms with E-state index in [1.165, 1.54) is 36.6 Å². The predicted octanol–water partition coefficient (Wildman–Crippen LogP) is 6.79. The summed E-state index contributed by atoms with van der Waals surface area (Å²) in [4.78, 5) is 12.6. The van der Waals surface area contributed by atoms with Crippen LogP contribution in [0.2, 0.25) is 0 Å². The number of rotatable bonds is 9. The maximum atomic E-state index is 12.6. The number of hydrogen-bond acceptors (Lipinski definition) is 6. The van der Waals surface area contributed by atoms with Gasteiger partial charge in [0.25, 0.3) is 5.91 Å². The van der Waals surface area contributed by atoms with E-state index in [1.807, 2.05) is 54.6 Å². The van der Waals surface area contributed by atoms with Crippen LogP contribution >= 0.6 is 11.8 Å². The van der Waals surface area contributed by atoms with Crippen molar-refractivity contribution >= 4 is 23.9 Å². The van der Waals surface area contributed by atoms with Crippen LogP contribution in [0.1, 0.15) is 49.3 Å². The van der Waals surface area contributed by atoms with Crippen LogP contribution in [0.3, 0.4) is 0 Å². The van der Waals surface area contributed by atoms with Crippen molar-refractivity contribution < 1.29 is 9.53 Å². The van der Waals surface area contributed by atoms with Crippen molar-refractivity contribution in [1.29, 1.82) is 0 Å². The van der Waals surface area contributed by atoms with Gasteiger partial charge in [-0.15, -0.1) is 10.2 Å². The molecule has 1 N–H and O–H groups in total. The molecule has 1 fully saturated rings. The first-order valence-electron chi connectivity index (χ1n) is 13.0. The lowest BCUT2D eigenvalue weighted by atomic mass is 9.95. The molecule has 0 spiro atoms. The maximum absolute atomic E-state index is 12.6. The van der Waals surface area contributed by atoms with E-state index in [9.17, 15) is 4.79 Å². The minimum Gasteiger partial charge on any atom is -0.457 e. The van der Waals surface area contributed by atoms with Crippen molar-refractivity contribution in [3.63, 3.8) is 0 Å². The topological polar surface area (TPSA) is 81.4 Å². The van der Waals surface area contributed by atoms with Crippen LogP contribution in [0.15, 0.2) is 89.1 Å². The van der Waals surface area contributed by atoms with Gasteiger partial charge in [-0.1, -0.05) is 91.2 Å². The number of aromatic nitrogens is 3. The molecular weight excluding hydrogens is 494 g/mol. The van der Waals surface area contributed by atoms with Crippen LogP contribution in [0.5, 0.6) is 11.5 Å². The van der Waals surface area contributed by atoms with Gasteiger partial charge in [0.2, 0.25) is 0 Å². The molecule has 0 radical (unpaired) electrons. The number of aryl methyl sites for hydroxylation is 1. The number of hydrazone groups is 1. The third-order valence-corrected chi connectivity index (χ3v) is 7.43. The highest BCUT2D eigenvalue weighted by Crippen LogP contribution is 2.35. The SMILES string of the molecule is Cc1ccc(-c2nnc(SCC(=O)N/N=C/c3cccc(Oc4ccccc4)c3)n2C2CCCCC2)cc1. The Morgan fingerprint density at radius 1 is 1.00 bits per heavy atom. The number of nitrogens with one attached hydrogen (secondary N) is 1. The highest BCUT2D eigenvalue weighted by Gasteiger charge is 2.24. The minimum absolute atomic E-state index is 0.196. The van der Waals surface area contributed by atoms with Crippen molar-refractivity contribution in [2.24, 2.45) is 5.10 Å². The van der Waals surface area contributed by atoms with Crippen molar-refractivity contribution in [3.05, 3.63) is 90.0 Å². The van der Waals surface area contributed by atoms with Crippen LogP contribution in [0.25, 0.3) is 11.4 Å². The Kier molecular flexibility index (Phi) is 8.50. The van der Waals surface area contributed by atoms with Crippen molar-refractivity contribution in [1.82, 2.24) is 20.2 Å². The van der Waals surface area contributed by atoms with E-state index >= 15 is 0 Å². The van der Waals surface area contributed by atoms with Gasteiger partial charge in [-0.2, -0.15) is 5.10 Å². The van der Waals surface area contributed by atoms with E-state index in [4.69, 9.17) is 4.74 Å². The van der Waals surface area contributed by atoms with Crippen LogP contribution < -0.4 is 10.2 Å². The molecule has 3 aromatic carbocycles. The van der Waals surface area contributed by atoms with Gasteiger partial charge in [-0.05, 0) is 49.6 Å². The number of para-hydroxylation sites is 1. The summed E-state index contributed by atoms with van der Waals surface area (Å²) < 4.78 is 8.11. The molecular formula is C30H31N5O2S. The summed E-state index contributed by atoms with van der Waals surface area (Å²) in [6.45, 7) is 2.08. The monoisotopic (exact) mass is 525 g/mol. The van der Waals surface area contributed by atoms with Crippen LogP contribution in [-0.2, 0) is 4.79 Å². The molecule has 8 heteroatoms. The van der Waals surface area contributed by atoms with Gasteiger partial charge in [0, 0.05) is 11.6 Å². The molecule has 0 aliphatic heterocycles. The summed E-state index contributed by atoms with van der Waals surface area (Å²) in [5, 5.41) is 13.9. The van der Waals surface area contributed by atoms with E-state index < -0.39 is 0 Å². The lowest BCUT2D eigenvalue weighted by molar-refractivity contribution is -0.118. The van der Waals surface area contributed by atoms with Crippen molar-refractivity contribution in [2.45, 2.75) is 50.2 Å². The van der Waals surface area contributed by atoms with Gasteiger partial charge in [0.15, 0.2) is 11.0 Å². The van der Waals surface area contributed by atoms with E-state index in [0.717, 1.165) is 40.7 Å². The summed E-state index contributed by atoms with van der Waals surface area (Å²) >= 11 is 1.40. The van der Waals surface area contributed by atoms with Gasteiger partial charge in [-0.25, -0.2) is 5.43 Å². The number of thioether (sulfide) groups is 1. The van der Waals surface area contributed by atoms with E-state index in [2.05, 4.69) is 56.5 Å². The third-order valence-electron chi connectivity index (χ3n) is 6.49. The zero-order valence-electron chi connectivity index (χ0n) is 21.4. The van der Waals surface area contributed by atoms with Gasteiger partial charge in [0.1, 0.15) is 11.5 Å². The number of benzene rings is 3. The van der Waals surface area contributed by atoms with Crippen molar-refractivity contribution in [3.8, 4) is 22.9 Å². The second-order valence-electron chi connectivity index (χ2n) is 9.40. The van der Waals surface area contributed by atoms with Crippen molar-refractivity contribution in [2.75, 3.05) is 5.75 Å². The fraction of sp³-hybridized carbons (Fsp3) is 0.267. The Labute approximate surface area is 227 Å². The lowest BCUT2D eigenvalue weighted by Crippen LogP contribution is -2.20. The Balaban J connectivity index is 1.21. The molecule has 1 saturated carbocycles. The third kappa shape index (κ3) is 6.69. The first kappa shape index (κ1) is 25.7. The molecule has 4 aromatic rings. The number of carbonyl (C=O) groups excluding carboxylic acids is 1. The minimum atomic E-state index is -0.196. The van der Waals surface area contributed by atoms with Crippen LogP contribution in [0.4, 0.5) is 0 Å². The number of ether oxygens (including phenoxy) is 1. The molecule has 0 saturated heterocycles. The van der Waals surface area contributed by atoms with Gasteiger partial charge >= 0.3 is 0 Å². The molecule has 194 valence electrons. The summed E-state index contributed by atoms with van der Waals surface area (Å²) in [5.41, 5.74) is 5.71. The zero-order valence-corrected chi connectivity index (χ0v) is 22.2. The average Bonchev–Trinajstić information content (AvgIpc) is 3.37. The Bertz CT molecular complexity index is 1380. The average molecular weight is 526 g/mol. The molecule has 1 aliphatic carbocycles. The summed E-state index contributed by atoms with van der Waals surface area (Å²) in [6, 6.07) is 25.9. The molecule has 7 nitrogen and oxygen atoms in total. The lowest BCUT2D eigenvalue weighted by Gasteiger charge is -2.25. The second-order valence-corrected chi connectivity index (χ2v) is 10.3. The van der Waals surface area contributed by atoms with Gasteiger partial charge in [0.05, 0.1) is 12.0 Å². The number of amides is 1. The van der Waals surface area contributed by atoms with E-state index in [0.29, 0.717) is 11.8 Å². The molecule has 1 aliphatic rings. The molecule has 1 heterocycles. The fourth-order valence-electron chi connectivity index (χ4n) is 4.57. The van der Waals surface area contributed by atoms with Crippen LogP contribution in [0, 0.1) is 6.92 Å². The Morgan fingerprint density at radius 3 is 2.55 bits per heavy atom. The molecule has 1 aromatic heterocycles. The number of nitrogens with zero attached hydrogens (tertiary/aromatic N) is 4. The highest BCUT2D eigenvalue weighted by molar-refractivity contribution is 7.99. The molecule has 0 atom stereocenters. The summed E-state index contributed by atoms with van der Waals surface area (Å²) in [7, 11) is 0. The molecule has 0 unspecified atom stereocenters. The Morgan fingerprint density at radius 2 is 1.76 bits per heavy atom. The smallest absolute Gasteiger partial charge is 0.250 e. The molecule has 5 rings (SSSR count). The summed E-state index contributed by atoms with van der Waals surface area (Å²) in [5.74, 6) is 2.34. The second kappa shape index (κ2) is 12.6. The largest absolute Gasteiger partial charge is 0.457 e. The molecule has 38 heavy (non-hydrogen) atoms.